The van der Waals surface area contributed by atoms with Crippen molar-refractivity contribution in [2.24, 2.45) is 5.73 Å². The summed E-state index contributed by atoms with van der Waals surface area (Å²) in [4.78, 5) is 45.9. The van der Waals surface area contributed by atoms with Crippen LogP contribution < -0.4 is 5.73 Å². The molecule has 0 spiro atoms. The molecule has 6 N–H and O–H groups in total. The Kier molecular flexibility index (Phi) is 37.4. The highest BCUT2D eigenvalue weighted by Crippen LogP contribution is 2.43. The number of carboxylic acid groups (broad SMARTS) is 1. The van der Waals surface area contributed by atoms with Crippen LogP contribution in [0.25, 0.3) is 0 Å². The molecular formula is C46H76NO12P. The van der Waals surface area contributed by atoms with Crippen LogP contribution in [0.3, 0.4) is 0 Å². The molecule has 0 fully saturated rings. The number of aliphatic hydroxyl groups is 2. The van der Waals surface area contributed by atoms with Gasteiger partial charge in [-0.15, -0.1) is 0 Å². The highest BCUT2D eigenvalue weighted by molar-refractivity contribution is 7.47. The zero-order valence-corrected chi connectivity index (χ0v) is 37.1. The number of carbonyl (C=O) groups is 3. The van der Waals surface area contributed by atoms with Gasteiger partial charge in [-0.3, -0.25) is 23.4 Å². The molecule has 5 atom stereocenters. The van der Waals surface area contributed by atoms with Crippen LogP contribution in [0.1, 0.15) is 142 Å². The van der Waals surface area contributed by atoms with E-state index in [1.807, 2.05) is 43.4 Å². The maximum Gasteiger partial charge on any atom is 0.472 e. The van der Waals surface area contributed by atoms with Crippen LogP contribution in [0.15, 0.2) is 85.1 Å². The van der Waals surface area contributed by atoms with E-state index in [0.717, 1.165) is 38.5 Å². The molecule has 0 aliphatic carbocycles. The van der Waals surface area contributed by atoms with Crippen molar-refractivity contribution in [3.63, 3.8) is 0 Å². The number of aliphatic carboxylic acids is 1. The molecule has 14 heteroatoms. The Morgan fingerprint density at radius 3 is 1.75 bits per heavy atom. The Balaban J connectivity index is 4.61. The predicted octanol–water partition coefficient (Wildman–Crippen LogP) is 9.44. The van der Waals surface area contributed by atoms with Gasteiger partial charge in [-0.25, -0.2) is 4.57 Å². The maximum absolute atomic E-state index is 12.6. The first-order chi connectivity index (χ1) is 28.9. The average molecular weight is 866 g/mol. The third-order valence-corrected chi connectivity index (χ3v) is 9.76. The summed E-state index contributed by atoms with van der Waals surface area (Å²) < 4.78 is 32.5. The molecule has 0 aromatic rings. The number of carbonyl (C=O) groups excluding carboxylic acids is 2. The van der Waals surface area contributed by atoms with Gasteiger partial charge in [0.25, 0.3) is 0 Å². The molecule has 0 saturated carbocycles. The summed E-state index contributed by atoms with van der Waals surface area (Å²) >= 11 is 0. The molecule has 1 unspecified atom stereocenters. The van der Waals surface area contributed by atoms with Crippen LogP contribution in [0, 0.1) is 0 Å². The van der Waals surface area contributed by atoms with Crippen molar-refractivity contribution in [1.29, 1.82) is 0 Å². The van der Waals surface area contributed by atoms with Crippen molar-refractivity contribution in [2.75, 3.05) is 19.8 Å². The summed E-state index contributed by atoms with van der Waals surface area (Å²) in [7, 11) is -4.76. The monoisotopic (exact) mass is 866 g/mol. The second-order valence-electron chi connectivity index (χ2n) is 14.5. The van der Waals surface area contributed by atoms with E-state index in [4.69, 9.17) is 24.8 Å². The number of hydrogen-bond donors (Lipinski definition) is 5. The summed E-state index contributed by atoms with van der Waals surface area (Å²) in [6.07, 6.45) is 41.5. The number of allylic oxidation sites excluding steroid dienone is 10. The van der Waals surface area contributed by atoms with Gasteiger partial charge in [-0.05, 0) is 64.2 Å². The first-order valence-electron chi connectivity index (χ1n) is 21.8. The lowest BCUT2D eigenvalue weighted by atomic mass is 10.1. The third kappa shape index (κ3) is 38.8. The third-order valence-electron chi connectivity index (χ3n) is 8.81. The molecule has 0 heterocycles. The van der Waals surface area contributed by atoms with Crippen LogP contribution in [-0.2, 0) is 37.5 Å². The highest BCUT2D eigenvalue weighted by atomic mass is 31.2. The Labute approximate surface area is 359 Å². The zero-order valence-electron chi connectivity index (χ0n) is 36.2. The van der Waals surface area contributed by atoms with Crippen LogP contribution >= 0.6 is 7.82 Å². The number of hydrogen-bond acceptors (Lipinski definition) is 11. The van der Waals surface area contributed by atoms with Crippen molar-refractivity contribution in [3.8, 4) is 0 Å². The molecule has 0 rings (SSSR count). The van der Waals surface area contributed by atoms with Crippen molar-refractivity contribution in [1.82, 2.24) is 0 Å². The van der Waals surface area contributed by atoms with Gasteiger partial charge in [0.1, 0.15) is 12.6 Å². The summed E-state index contributed by atoms with van der Waals surface area (Å²) in [5.41, 5.74) is 5.32. The molecule has 60 heavy (non-hydrogen) atoms. The fourth-order valence-corrected chi connectivity index (χ4v) is 6.10. The number of aliphatic hydroxyl groups excluding tert-OH is 2. The Bertz CT molecular complexity index is 1370. The van der Waals surface area contributed by atoms with Gasteiger partial charge in [-0.2, -0.15) is 0 Å². The van der Waals surface area contributed by atoms with E-state index in [9.17, 15) is 34.1 Å². The van der Waals surface area contributed by atoms with E-state index in [-0.39, 0.29) is 12.8 Å². The largest absolute Gasteiger partial charge is 0.480 e. The van der Waals surface area contributed by atoms with E-state index in [1.54, 1.807) is 36.5 Å². The lowest BCUT2D eigenvalue weighted by Crippen LogP contribution is -2.34. The smallest absolute Gasteiger partial charge is 0.472 e. The fourth-order valence-electron chi connectivity index (χ4n) is 5.32. The molecule has 0 aromatic heterocycles. The average Bonchev–Trinajstić information content (AvgIpc) is 3.21. The summed E-state index contributed by atoms with van der Waals surface area (Å²) in [6.45, 7) is 2.40. The second-order valence-corrected chi connectivity index (χ2v) is 15.9. The Hall–Kier alpha value is -3.42. The number of esters is 2. The first-order valence-corrected chi connectivity index (χ1v) is 23.3. The van der Waals surface area contributed by atoms with Gasteiger partial charge in [0.15, 0.2) is 6.10 Å². The van der Waals surface area contributed by atoms with E-state index < -0.39 is 69.9 Å². The van der Waals surface area contributed by atoms with Crippen molar-refractivity contribution >= 4 is 25.7 Å². The van der Waals surface area contributed by atoms with Gasteiger partial charge >= 0.3 is 25.7 Å². The quantitative estimate of drug-likeness (QED) is 0.0128. The molecule has 0 aliphatic heterocycles. The lowest BCUT2D eigenvalue weighted by molar-refractivity contribution is -0.161. The number of phosphoric ester groups is 1. The van der Waals surface area contributed by atoms with E-state index in [1.165, 1.54) is 44.9 Å². The predicted molar refractivity (Wildman–Crippen MR) is 238 cm³/mol. The second kappa shape index (κ2) is 39.7. The van der Waals surface area contributed by atoms with Crippen LogP contribution in [0.2, 0.25) is 0 Å². The number of nitrogens with two attached hydrogens (primary N) is 1. The molecule has 0 amide bonds. The lowest BCUT2D eigenvalue weighted by Gasteiger charge is -2.20. The number of phosphoric acid groups is 1. The minimum atomic E-state index is -4.76. The minimum absolute atomic E-state index is 0.0350. The summed E-state index contributed by atoms with van der Waals surface area (Å²) in [5, 5.41) is 28.8. The summed E-state index contributed by atoms with van der Waals surface area (Å²) in [5.74, 6) is -2.58. The topological polar surface area (TPSA) is 212 Å². The van der Waals surface area contributed by atoms with Gasteiger partial charge in [-0.1, -0.05) is 150 Å². The maximum atomic E-state index is 12.6. The molecule has 0 radical (unpaired) electrons. The van der Waals surface area contributed by atoms with Crippen molar-refractivity contribution in [2.45, 2.75) is 167 Å². The summed E-state index contributed by atoms with van der Waals surface area (Å²) in [6, 6.07) is -1.55. The van der Waals surface area contributed by atoms with Gasteiger partial charge in [0, 0.05) is 12.8 Å². The van der Waals surface area contributed by atoms with Crippen LogP contribution in [0.4, 0.5) is 0 Å². The van der Waals surface area contributed by atoms with Gasteiger partial charge in [0.2, 0.25) is 0 Å². The molecule has 0 aromatic carbocycles. The Morgan fingerprint density at radius 2 is 1.15 bits per heavy atom. The minimum Gasteiger partial charge on any atom is -0.480 e. The standard InChI is InChI=1S/C46H76NO12P/c1-3-5-7-8-9-10-11-12-13-14-15-16-17-22-30-36-45(51)59-42(38-57-60(54,55)58-39-43(47)46(52)53)37-56-44(50)35-29-21-19-18-20-26-32-41(49)34-28-24-23-27-33-40(48)31-25-6-4-2/h6,10-11,19-21,23-28,33-34,40-43,48-49H,3-5,7-9,12-18,22,29-32,35-39,47H2,1-2H3,(H,52,53)(H,54,55)/b11-10-,21-19-,24-23-,25-6-,26-20-,33-27+,34-28+/t40-,41+,42-,43+/m1/s1. The Morgan fingerprint density at radius 1 is 0.617 bits per heavy atom. The molecule has 342 valence electrons. The number of unbranched alkanes of at least 4 members (excludes halogenated alkanes) is 11. The van der Waals surface area contributed by atoms with Crippen LogP contribution in [0.5, 0.6) is 0 Å². The SMILES string of the molecule is CC/C=C\C[C@@H](O)/C=C/C=C\C=C\[C@@H](O)C/C=C\C/C=C\CCC(=O)OC[C@H](COP(=O)(O)OC[C@H](N)C(=O)O)OC(=O)CCCCCCCCC/C=C\CCCCCC. The molecule has 0 bridgehead atoms. The van der Waals surface area contributed by atoms with E-state index in [2.05, 4.69) is 23.6 Å². The number of ether oxygens (including phenoxy) is 2. The van der Waals surface area contributed by atoms with E-state index in [0.29, 0.717) is 32.1 Å². The van der Waals surface area contributed by atoms with Crippen molar-refractivity contribution < 1.29 is 57.7 Å². The van der Waals surface area contributed by atoms with Crippen molar-refractivity contribution in [3.05, 3.63) is 85.1 Å². The number of rotatable bonds is 39. The molecule has 0 aliphatic rings. The molecule has 13 nitrogen and oxygen atoms in total. The molecular weight excluding hydrogens is 789 g/mol. The normalized spacial score (nSPS) is 15.6. The zero-order chi connectivity index (χ0) is 44.5. The molecule has 0 saturated heterocycles. The number of carboxylic acids is 1. The van der Waals surface area contributed by atoms with Gasteiger partial charge in [0.05, 0.1) is 25.4 Å². The van der Waals surface area contributed by atoms with E-state index >= 15 is 0 Å². The van der Waals surface area contributed by atoms with Crippen LogP contribution in [-0.4, -0.2) is 82.3 Å². The van der Waals surface area contributed by atoms with Gasteiger partial charge < -0.3 is 35.4 Å². The first kappa shape index (κ1) is 56.6. The highest BCUT2D eigenvalue weighted by Gasteiger charge is 2.28. The fraction of sp³-hybridized carbons (Fsp3) is 0.630.